The number of hydrogen-bond acceptors (Lipinski definition) is 3. The van der Waals surface area contributed by atoms with E-state index in [2.05, 4.69) is 6.07 Å². The maximum atomic E-state index is 13.0. The van der Waals surface area contributed by atoms with Gasteiger partial charge in [-0.1, -0.05) is 37.3 Å². The van der Waals surface area contributed by atoms with Crippen LogP contribution in [0.25, 0.3) is 0 Å². The van der Waals surface area contributed by atoms with Crippen molar-refractivity contribution in [2.45, 2.75) is 38.5 Å². The molecule has 0 N–H and O–H groups in total. The van der Waals surface area contributed by atoms with Crippen LogP contribution in [0.4, 0.5) is 0 Å². The summed E-state index contributed by atoms with van der Waals surface area (Å²) < 4.78 is 1.58. The van der Waals surface area contributed by atoms with Gasteiger partial charge in [-0.3, -0.25) is 9.59 Å². The maximum Gasteiger partial charge on any atom is 0.263 e. The molecule has 5 nitrogen and oxygen atoms in total. The van der Waals surface area contributed by atoms with Crippen LogP contribution < -0.4 is 5.56 Å². The first-order valence-corrected chi connectivity index (χ1v) is 9.39. The fourth-order valence-corrected chi connectivity index (χ4v) is 4.08. The van der Waals surface area contributed by atoms with Crippen molar-refractivity contribution in [1.82, 2.24) is 9.47 Å². The zero-order valence-corrected chi connectivity index (χ0v) is 16.2. The van der Waals surface area contributed by atoms with E-state index >= 15 is 0 Å². The van der Waals surface area contributed by atoms with Gasteiger partial charge in [-0.15, -0.1) is 0 Å². The summed E-state index contributed by atoms with van der Waals surface area (Å²) >= 11 is 0. The molecular formula is C22H25N3O2. The Labute approximate surface area is 159 Å². The third-order valence-electron chi connectivity index (χ3n) is 5.77. The second-order valence-corrected chi connectivity index (χ2v) is 7.26. The monoisotopic (exact) mass is 363 g/mol. The Hall–Kier alpha value is -2.87. The van der Waals surface area contributed by atoms with E-state index in [0.717, 1.165) is 23.2 Å². The Morgan fingerprint density at radius 1 is 1.22 bits per heavy atom. The second kappa shape index (κ2) is 7.40. The molecular weight excluding hydrogens is 338 g/mol. The van der Waals surface area contributed by atoms with Gasteiger partial charge in [-0.05, 0) is 43.4 Å². The second-order valence-electron chi connectivity index (χ2n) is 7.26. The smallest absolute Gasteiger partial charge is 0.263 e. The first-order chi connectivity index (χ1) is 12.9. The molecule has 1 aromatic heterocycles. The van der Waals surface area contributed by atoms with Gasteiger partial charge >= 0.3 is 0 Å². The lowest BCUT2D eigenvalue weighted by Crippen LogP contribution is -2.46. The fourth-order valence-electron chi connectivity index (χ4n) is 4.08. The molecule has 0 saturated carbocycles. The molecule has 1 fully saturated rings. The van der Waals surface area contributed by atoms with E-state index < -0.39 is 5.41 Å². The van der Waals surface area contributed by atoms with E-state index in [1.54, 1.807) is 22.6 Å². The minimum atomic E-state index is -0.564. The first kappa shape index (κ1) is 18.9. The number of rotatable bonds is 3. The highest BCUT2D eigenvalue weighted by Crippen LogP contribution is 2.35. The Bertz CT molecular complexity index is 946. The van der Waals surface area contributed by atoms with Crippen molar-refractivity contribution in [3.8, 4) is 6.07 Å². The number of likely N-dealkylation sites (tertiary alicyclic amines) is 1. The molecule has 5 heteroatoms. The van der Waals surface area contributed by atoms with E-state index in [1.807, 2.05) is 44.2 Å². The van der Waals surface area contributed by atoms with Crippen LogP contribution in [0.1, 0.15) is 46.9 Å². The van der Waals surface area contributed by atoms with Crippen LogP contribution in [0.5, 0.6) is 0 Å². The predicted octanol–water partition coefficient (Wildman–Crippen LogP) is 2.95. The Morgan fingerprint density at radius 2 is 1.85 bits per heavy atom. The number of pyridine rings is 1. The number of benzene rings is 1. The summed E-state index contributed by atoms with van der Waals surface area (Å²) in [5.41, 5.74) is 2.31. The Kier molecular flexibility index (Phi) is 5.18. The molecule has 2 aromatic rings. The molecule has 0 bridgehead atoms. The van der Waals surface area contributed by atoms with Gasteiger partial charge in [0.25, 0.3) is 11.5 Å². The Balaban J connectivity index is 1.84. The summed E-state index contributed by atoms with van der Waals surface area (Å²) in [6.45, 7) is 4.87. The average molecular weight is 363 g/mol. The third-order valence-corrected chi connectivity index (χ3v) is 5.77. The molecule has 2 heterocycles. The summed E-state index contributed by atoms with van der Waals surface area (Å²) in [5, 5.41) is 9.80. The lowest BCUT2D eigenvalue weighted by Gasteiger charge is -2.37. The lowest BCUT2D eigenvalue weighted by molar-refractivity contribution is 0.0689. The SMILES string of the molecule is CCc1c(C)cc(C(=O)N2CCC(C#N)(c3ccccc3)CC2)c(=O)n1C. The van der Waals surface area contributed by atoms with Gasteiger partial charge < -0.3 is 9.47 Å². The zero-order valence-electron chi connectivity index (χ0n) is 16.2. The van der Waals surface area contributed by atoms with Crippen molar-refractivity contribution in [2.75, 3.05) is 13.1 Å². The minimum Gasteiger partial charge on any atom is -0.338 e. The van der Waals surface area contributed by atoms with Crippen molar-refractivity contribution in [2.24, 2.45) is 7.05 Å². The molecule has 0 radical (unpaired) electrons. The fraction of sp³-hybridized carbons (Fsp3) is 0.409. The number of nitrogens with zero attached hydrogens (tertiary/aromatic N) is 3. The van der Waals surface area contributed by atoms with Gasteiger partial charge in [0, 0.05) is 25.8 Å². The standard InChI is InChI=1S/C22H25N3O2/c1-4-19-16(2)14-18(20(26)24(19)3)21(27)25-12-10-22(15-23,11-13-25)17-8-6-5-7-9-17/h5-9,14H,4,10-13H2,1-3H3. The van der Waals surface area contributed by atoms with Crippen LogP contribution >= 0.6 is 0 Å². The van der Waals surface area contributed by atoms with Gasteiger partial charge in [0.05, 0.1) is 11.5 Å². The van der Waals surface area contributed by atoms with Crippen LogP contribution in [0.2, 0.25) is 0 Å². The zero-order chi connectivity index (χ0) is 19.6. The van der Waals surface area contributed by atoms with E-state index in [4.69, 9.17) is 0 Å². The molecule has 1 aliphatic heterocycles. The van der Waals surface area contributed by atoms with Crippen molar-refractivity contribution in [1.29, 1.82) is 5.26 Å². The van der Waals surface area contributed by atoms with Crippen molar-refractivity contribution in [3.63, 3.8) is 0 Å². The topological polar surface area (TPSA) is 66.1 Å². The van der Waals surface area contributed by atoms with Crippen molar-refractivity contribution >= 4 is 5.91 Å². The number of carbonyl (C=O) groups excluding carboxylic acids is 1. The molecule has 1 aliphatic rings. The molecule has 0 aliphatic carbocycles. The van der Waals surface area contributed by atoms with Crippen LogP contribution in [-0.2, 0) is 18.9 Å². The van der Waals surface area contributed by atoms with Crippen LogP contribution in [0.15, 0.2) is 41.2 Å². The predicted molar refractivity (Wildman–Crippen MR) is 105 cm³/mol. The molecule has 1 saturated heterocycles. The molecule has 3 rings (SSSR count). The Morgan fingerprint density at radius 3 is 2.41 bits per heavy atom. The van der Waals surface area contributed by atoms with E-state index in [1.165, 1.54) is 0 Å². The van der Waals surface area contributed by atoms with Crippen molar-refractivity contribution < 1.29 is 4.79 Å². The number of aromatic nitrogens is 1. The van der Waals surface area contributed by atoms with Gasteiger partial charge in [-0.25, -0.2) is 0 Å². The van der Waals surface area contributed by atoms with Crippen LogP contribution in [-0.4, -0.2) is 28.5 Å². The number of nitriles is 1. The molecule has 1 aromatic carbocycles. The first-order valence-electron chi connectivity index (χ1n) is 9.39. The van der Waals surface area contributed by atoms with Gasteiger partial charge in [0.1, 0.15) is 5.56 Å². The quantitative estimate of drug-likeness (QED) is 0.842. The van der Waals surface area contributed by atoms with Crippen molar-refractivity contribution in [3.05, 3.63) is 69.1 Å². The summed E-state index contributed by atoms with van der Waals surface area (Å²) in [6, 6.07) is 14.0. The normalized spacial score (nSPS) is 16.0. The lowest BCUT2D eigenvalue weighted by atomic mass is 9.74. The third kappa shape index (κ3) is 3.28. The summed E-state index contributed by atoms with van der Waals surface area (Å²) in [7, 11) is 1.72. The number of carbonyl (C=O) groups is 1. The van der Waals surface area contributed by atoms with E-state index in [0.29, 0.717) is 25.9 Å². The highest BCUT2D eigenvalue weighted by molar-refractivity contribution is 5.94. The van der Waals surface area contributed by atoms with Gasteiger partial charge in [-0.2, -0.15) is 5.26 Å². The molecule has 27 heavy (non-hydrogen) atoms. The molecule has 0 atom stereocenters. The number of amides is 1. The number of piperidine rings is 1. The average Bonchev–Trinajstić information content (AvgIpc) is 2.71. The van der Waals surface area contributed by atoms with Crippen LogP contribution in [0.3, 0.4) is 0 Å². The molecule has 0 unspecified atom stereocenters. The summed E-state index contributed by atoms with van der Waals surface area (Å²) in [4.78, 5) is 27.4. The van der Waals surface area contributed by atoms with Crippen LogP contribution in [0, 0.1) is 18.3 Å². The van der Waals surface area contributed by atoms with E-state index in [-0.39, 0.29) is 17.0 Å². The molecule has 140 valence electrons. The largest absolute Gasteiger partial charge is 0.338 e. The molecule has 0 spiro atoms. The molecule has 1 amide bonds. The van der Waals surface area contributed by atoms with E-state index in [9.17, 15) is 14.9 Å². The minimum absolute atomic E-state index is 0.219. The van der Waals surface area contributed by atoms with Gasteiger partial charge in [0.2, 0.25) is 0 Å². The maximum absolute atomic E-state index is 13.0. The number of hydrogen-bond donors (Lipinski definition) is 0. The highest BCUT2D eigenvalue weighted by atomic mass is 16.2. The number of aryl methyl sites for hydroxylation is 1. The summed E-state index contributed by atoms with van der Waals surface area (Å²) in [6.07, 6.45) is 1.90. The summed E-state index contributed by atoms with van der Waals surface area (Å²) in [5.74, 6) is -0.235. The highest BCUT2D eigenvalue weighted by Gasteiger charge is 2.38. The van der Waals surface area contributed by atoms with Gasteiger partial charge in [0.15, 0.2) is 0 Å².